The van der Waals surface area contributed by atoms with Crippen LogP contribution in [0.4, 0.5) is 5.69 Å². The number of hydrogen-bond acceptors (Lipinski definition) is 2. The Bertz CT molecular complexity index is 842. The van der Waals surface area contributed by atoms with Crippen molar-refractivity contribution in [1.29, 1.82) is 0 Å². The van der Waals surface area contributed by atoms with Crippen molar-refractivity contribution in [2.75, 3.05) is 5.32 Å². The van der Waals surface area contributed by atoms with Crippen LogP contribution in [0, 0.1) is 0 Å². The lowest BCUT2D eigenvalue weighted by Crippen LogP contribution is -2.17. The van der Waals surface area contributed by atoms with Gasteiger partial charge in [0.15, 0.2) is 0 Å². The molecule has 1 N–H and O–H groups in total. The summed E-state index contributed by atoms with van der Waals surface area (Å²) in [4.78, 5) is 22.2. The Morgan fingerprint density at radius 3 is 2.35 bits per heavy atom. The van der Waals surface area contributed by atoms with E-state index < -0.39 is 11.0 Å². The van der Waals surface area contributed by atoms with Crippen molar-refractivity contribution in [3.63, 3.8) is 0 Å². The third-order valence-corrected chi connectivity index (χ3v) is 3.40. The Hall–Kier alpha value is -2.33. The van der Waals surface area contributed by atoms with Crippen LogP contribution in [0.3, 0.4) is 0 Å². The highest BCUT2D eigenvalue weighted by Gasteiger charge is 2.09. The molecule has 0 unspecified atom stereocenters. The Labute approximate surface area is 121 Å². The van der Waals surface area contributed by atoms with Gasteiger partial charge in [0.1, 0.15) is 0 Å². The number of rotatable bonds is 2. The molecule has 1 amide bonds. The van der Waals surface area contributed by atoms with Crippen LogP contribution in [-0.4, -0.2) is 11.0 Å². The summed E-state index contributed by atoms with van der Waals surface area (Å²) in [5, 5.41) is 6.16. The SMILES string of the molecule is O=C(S)C(=O)Nc1ccc2c(ccc3ccccc32)c1. The van der Waals surface area contributed by atoms with E-state index in [9.17, 15) is 9.59 Å². The molecule has 0 bridgehead atoms. The molecule has 0 heterocycles. The molecule has 0 radical (unpaired) electrons. The Morgan fingerprint density at radius 2 is 1.55 bits per heavy atom. The number of thiol groups is 1. The van der Waals surface area contributed by atoms with E-state index in [1.165, 1.54) is 5.39 Å². The average molecular weight is 281 g/mol. The number of fused-ring (bicyclic) bond motifs is 3. The first-order chi connectivity index (χ1) is 9.65. The van der Waals surface area contributed by atoms with Crippen molar-refractivity contribution in [2.24, 2.45) is 0 Å². The molecular weight excluding hydrogens is 270 g/mol. The second kappa shape index (κ2) is 4.98. The van der Waals surface area contributed by atoms with Gasteiger partial charge in [-0.3, -0.25) is 9.59 Å². The number of amides is 1. The zero-order valence-corrected chi connectivity index (χ0v) is 11.4. The molecule has 0 spiro atoms. The Kier molecular flexibility index (Phi) is 3.16. The van der Waals surface area contributed by atoms with Gasteiger partial charge in [-0.05, 0) is 33.7 Å². The Balaban J connectivity index is 2.10. The van der Waals surface area contributed by atoms with Gasteiger partial charge in [0, 0.05) is 5.69 Å². The highest BCUT2D eigenvalue weighted by molar-refractivity contribution is 7.98. The second-order valence-electron chi connectivity index (χ2n) is 4.48. The standard InChI is InChI=1S/C16H11NO2S/c18-15(16(19)20)17-12-7-8-14-11(9-12)6-5-10-3-1-2-4-13(10)14/h1-9H,(H,17,18)(H,19,20). The third-order valence-electron chi connectivity index (χ3n) is 3.20. The summed E-state index contributed by atoms with van der Waals surface area (Å²) in [7, 11) is 0. The fraction of sp³-hybridized carbons (Fsp3) is 0. The van der Waals surface area contributed by atoms with E-state index in [1.807, 2.05) is 36.4 Å². The zero-order valence-electron chi connectivity index (χ0n) is 10.5. The van der Waals surface area contributed by atoms with Crippen molar-refractivity contribution in [1.82, 2.24) is 0 Å². The summed E-state index contributed by atoms with van der Waals surface area (Å²) in [6.45, 7) is 0. The van der Waals surface area contributed by atoms with Crippen LogP contribution >= 0.6 is 12.6 Å². The molecule has 3 aromatic rings. The molecule has 3 nitrogen and oxygen atoms in total. The van der Waals surface area contributed by atoms with E-state index in [0.29, 0.717) is 5.69 Å². The predicted octanol–water partition coefficient (Wildman–Crippen LogP) is 3.39. The van der Waals surface area contributed by atoms with Gasteiger partial charge in [-0.15, -0.1) is 0 Å². The molecule has 0 aliphatic heterocycles. The van der Waals surface area contributed by atoms with E-state index in [-0.39, 0.29) is 0 Å². The summed E-state index contributed by atoms with van der Waals surface area (Å²) in [6, 6.07) is 17.7. The predicted molar refractivity (Wildman–Crippen MR) is 84.1 cm³/mol. The molecule has 20 heavy (non-hydrogen) atoms. The second-order valence-corrected chi connectivity index (χ2v) is 4.89. The number of carbonyl (C=O) groups is 2. The number of anilines is 1. The monoisotopic (exact) mass is 281 g/mol. The van der Waals surface area contributed by atoms with Gasteiger partial charge in [-0.25, -0.2) is 0 Å². The molecule has 4 heteroatoms. The maximum atomic E-state index is 11.3. The van der Waals surface area contributed by atoms with E-state index in [0.717, 1.165) is 16.2 Å². The molecule has 3 aromatic carbocycles. The minimum Gasteiger partial charge on any atom is -0.319 e. The Morgan fingerprint density at radius 1 is 0.850 bits per heavy atom. The maximum Gasteiger partial charge on any atom is 0.302 e. The summed E-state index contributed by atoms with van der Waals surface area (Å²) in [5.41, 5.74) is 0.584. The van der Waals surface area contributed by atoms with E-state index in [1.54, 1.807) is 6.07 Å². The summed E-state index contributed by atoms with van der Waals surface area (Å²) in [6.07, 6.45) is 0. The quantitative estimate of drug-likeness (QED) is 0.430. The number of benzene rings is 3. The molecule has 0 saturated carbocycles. The molecule has 98 valence electrons. The van der Waals surface area contributed by atoms with Crippen molar-refractivity contribution in [3.05, 3.63) is 54.6 Å². The topological polar surface area (TPSA) is 46.2 Å². The molecule has 3 rings (SSSR count). The van der Waals surface area contributed by atoms with Gasteiger partial charge in [-0.1, -0.05) is 55.1 Å². The average Bonchev–Trinajstić information content (AvgIpc) is 2.46. The number of carbonyl (C=O) groups excluding carboxylic acids is 2. The van der Waals surface area contributed by atoms with Gasteiger partial charge in [0.05, 0.1) is 0 Å². The largest absolute Gasteiger partial charge is 0.319 e. The molecule has 0 aromatic heterocycles. The molecule has 0 fully saturated rings. The van der Waals surface area contributed by atoms with Crippen LogP contribution in [0.15, 0.2) is 54.6 Å². The van der Waals surface area contributed by atoms with Gasteiger partial charge in [0.2, 0.25) is 0 Å². The van der Waals surface area contributed by atoms with Gasteiger partial charge in [-0.2, -0.15) is 0 Å². The molecule has 0 aliphatic carbocycles. The summed E-state index contributed by atoms with van der Waals surface area (Å²) < 4.78 is 0. The molecule has 0 aliphatic rings. The minimum atomic E-state index is -0.802. The highest BCUT2D eigenvalue weighted by atomic mass is 32.1. The highest BCUT2D eigenvalue weighted by Crippen LogP contribution is 2.27. The number of nitrogens with one attached hydrogen (secondary N) is 1. The van der Waals surface area contributed by atoms with Gasteiger partial charge >= 0.3 is 5.91 Å². The smallest absolute Gasteiger partial charge is 0.302 e. The zero-order chi connectivity index (χ0) is 14.1. The minimum absolute atomic E-state index is 0.584. The van der Waals surface area contributed by atoms with E-state index >= 15 is 0 Å². The first kappa shape index (κ1) is 12.7. The van der Waals surface area contributed by atoms with Crippen molar-refractivity contribution < 1.29 is 9.59 Å². The van der Waals surface area contributed by atoms with Crippen molar-refractivity contribution in [3.8, 4) is 0 Å². The summed E-state index contributed by atoms with van der Waals surface area (Å²) >= 11 is 3.49. The van der Waals surface area contributed by atoms with Crippen LogP contribution in [-0.2, 0) is 9.59 Å². The normalized spacial score (nSPS) is 10.7. The van der Waals surface area contributed by atoms with Crippen LogP contribution in [0.2, 0.25) is 0 Å². The van der Waals surface area contributed by atoms with Gasteiger partial charge < -0.3 is 5.32 Å². The van der Waals surface area contributed by atoms with Crippen LogP contribution in [0.1, 0.15) is 0 Å². The first-order valence-electron chi connectivity index (χ1n) is 6.11. The van der Waals surface area contributed by atoms with Gasteiger partial charge in [0.25, 0.3) is 5.12 Å². The van der Waals surface area contributed by atoms with Crippen molar-refractivity contribution >= 4 is 50.9 Å². The lowest BCUT2D eigenvalue weighted by molar-refractivity contribution is -0.129. The van der Waals surface area contributed by atoms with Crippen molar-refractivity contribution in [2.45, 2.75) is 0 Å². The summed E-state index contributed by atoms with van der Waals surface area (Å²) in [5.74, 6) is -0.728. The first-order valence-corrected chi connectivity index (χ1v) is 6.56. The van der Waals surface area contributed by atoms with E-state index in [4.69, 9.17) is 0 Å². The fourth-order valence-corrected chi connectivity index (χ4v) is 2.33. The number of hydrogen-bond donors (Lipinski definition) is 2. The molecular formula is C16H11NO2S. The third kappa shape index (κ3) is 2.26. The maximum absolute atomic E-state index is 11.3. The van der Waals surface area contributed by atoms with Crippen LogP contribution in [0.5, 0.6) is 0 Å². The van der Waals surface area contributed by atoms with Crippen LogP contribution < -0.4 is 5.32 Å². The molecule has 0 atom stereocenters. The lowest BCUT2D eigenvalue weighted by atomic mass is 10.0. The molecule has 0 saturated heterocycles. The lowest BCUT2D eigenvalue weighted by Gasteiger charge is -2.07. The van der Waals surface area contributed by atoms with Crippen LogP contribution in [0.25, 0.3) is 21.5 Å². The van der Waals surface area contributed by atoms with E-state index in [2.05, 4.69) is 30.1 Å². The fourth-order valence-electron chi connectivity index (χ4n) is 2.28.